The van der Waals surface area contributed by atoms with Gasteiger partial charge in [-0.1, -0.05) is 32.1 Å². The summed E-state index contributed by atoms with van der Waals surface area (Å²) in [6.07, 6.45) is 14.1. The highest BCUT2D eigenvalue weighted by atomic mass is 15.3. The number of nitrogens with zero attached hydrogens (tertiary/aromatic N) is 2. The minimum atomic E-state index is 0.0159. The molecule has 1 aromatic heterocycles. The second kappa shape index (κ2) is 5.67. The Morgan fingerprint density at radius 2 is 1.88 bits per heavy atom. The number of aromatic nitrogens is 2. The zero-order valence-corrected chi connectivity index (χ0v) is 11.0. The van der Waals surface area contributed by atoms with Gasteiger partial charge in [0.25, 0.3) is 0 Å². The van der Waals surface area contributed by atoms with Gasteiger partial charge < -0.3 is 5.73 Å². The molecule has 0 bridgehead atoms. The Morgan fingerprint density at radius 1 is 1.24 bits per heavy atom. The van der Waals surface area contributed by atoms with Crippen molar-refractivity contribution in [2.75, 3.05) is 0 Å². The van der Waals surface area contributed by atoms with Crippen LogP contribution in [0.2, 0.25) is 0 Å². The first-order chi connectivity index (χ1) is 8.22. The maximum absolute atomic E-state index is 6.57. The maximum atomic E-state index is 6.57. The van der Waals surface area contributed by atoms with Crippen molar-refractivity contribution < 1.29 is 0 Å². The normalized spacial score (nSPS) is 20.8. The van der Waals surface area contributed by atoms with Crippen LogP contribution in [0.1, 0.15) is 57.4 Å². The van der Waals surface area contributed by atoms with E-state index < -0.39 is 0 Å². The zero-order valence-electron chi connectivity index (χ0n) is 11.0. The predicted molar refractivity (Wildman–Crippen MR) is 70.8 cm³/mol. The van der Waals surface area contributed by atoms with Crippen LogP contribution >= 0.6 is 0 Å². The molecule has 0 atom stereocenters. The van der Waals surface area contributed by atoms with Crippen LogP contribution in [-0.2, 0) is 13.0 Å². The van der Waals surface area contributed by atoms with E-state index in [1.807, 2.05) is 10.9 Å². The predicted octanol–water partition coefficient (Wildman–Crippen LogP) is 2.89. The summed E-state index contributed by atoms with van der Waals surface area (Å²) in [5.41, 5.74) is 7.89. The monoisotopic (exact) mass is 235 g/mol. The molecule has 2 rings (SSSR count). The maximum Gasteiger partial charge on any atom is 0.0522 e. The third kappa shape index (κ3) is 3.56. The quantitative estimate of drug-likeness (QED) is 0.875. The Balaban J connectivity index is 1.98. The summed E-state index contributed by atoms with van der Waals surface area (Å²) in [5, 5.41) is 4.33. The van der Waals surface area contributed by atoms with Crippen LogP contribution in [-0.4, -0.2) is 15.3 Å². The van der Waals surface area contributed by atoms with E-state index in [-0.39, 0.29) is 5.54 Å². The SMILES string of the molecule is CCn1cc(CC2(N)CCCCCCC2)cn1. The lowest BCUT2D eigenvalue weighted by atomic mass is 9.81. The molecule has 1 aliphatic rings. The van der Waals surface area contributed by atoms with E-state index >= 15 is 0 Å². The number of nitrogens with two attached hydrogens (primary N) is 1. The fraction of sp³-hybridized carbons (Fsp3) is 0.786. The molecule has 0 aromatic carbocycles. The molecule has 1 fully saturated rings. The molecule has 1 saturated carbocycles. The highest BCUT2D eigenvalue weighted by Crippen LogP contribution is 2.27. The fourth-order valence-electron chi connectivity index (χ4n) is 2.86. The first-order valence-corrected chi connectivity index (χ1v) is 7.02. The first kappa shape index (κ1) is 12.6. The Hall–Kier alpha value is -0.830. The van der Waals surface area contributed by atoms with Crippen molar-refractivity contribution >= 4 is 0 Å². The molecule has 0 aliphatic heterocycles. The van der Waals surface area contributed by atoms with Gasteiger partial charge in [-0.3, -0.25) is 4.68 Å². The lowest BCUT2D eigenvalue weighted by molar-refractivity contribution is 0.314. The second-order valence-electron chi connectivity index (χ2n) is 5.51. The smallest absolute Gasteiger partial charge is 0.0522 e. The summed E-state index contributed by atoms with van der Waals surface area (Å²) in [4.78, 5) is 0. The van der Waals surface area contributed by atoms with Gasteiger partial charge in [0.15, 0.2) is 0 Å². The van der Waals surface area contributed by atoms with Crippen LogP contribution in [0.3, 0.4) is 0 Å². The highest BCUT2D eigenvalue weighted by molar-refractivity contribution is 5.09. The molecular formula is C14H25N3. The van der Waals surface area contributed by atoms with Crippen LogP contribution < -0.4 is 5.73 Å². The van der Waals surface area contributed by atoms with Crippen molar-refractivity contribution in [1.82, 2.24) is 9.78 Å². The van der Waals surface area contributed by atoms with Crippen LogP contribution in [0.5, 0.6) is 0 Å². The average molecular weight is 235 g/mol. The van der Waals surface area contributed by atoms with Gasteiger partial charge in [0.1, 0.15) is 0 Å². The van der Waals surface area contributed by atoms with Crippen molar-refractivity contribution in [3.05, 3.63) is 18.0 Å². The number of hydrogen-bond donors (Lipinski definition) is 1. The van der Waals surface area contributed by atoms with Gasteiger partial charge in [0, 0.05) is 18.3 Å². The molecule has 1 aromatic rings. The molecule has 3 heteroatoms. The molecule has 0 unspecified atom stereocenters. The molecule has 1 heterocycles. The molecule has 96 valence electrons. The largest absolute Gasteiger partial charge is 0.325 e. The average Bonchev–Trinajstić information content (AvgIpc) is 2.72. The number of aryl methyl sites for hydroxylation is 1. The van der Waals surface area contributed by atoms with Gasteiger partial charge in [-0.05, 0) is 31.7 Å². The third-order valence-corrected chi connectivity index (χ3v) is 3.92. The van der Waals surface area contributed by atoms with Crippen molar-refractivity contribution in [3.8, 4) is 0 Å². The lowest BCUT2D eigenvalue weighted by Crippen LogP contribution is -2.42. The summed E-state index contributed by atoms with van der Waals surface area (Å²) in [6, 6.07) is 0. The molecule has 0 radical (unpaired) electrons. The van der Waals surface area contributed by atoms with Gasteiger partial charge in [0.2, 0.25) is 0 Å². The topological polar surface area (TPSA) is 43.8 Å². The van der Waals surface area contributed by atoms with Gasteiger partial charge in [-0.25, -0.2) is 0 Å². The lowest BCUT2D eigenvalue weighted by Gasteiger charge is -2.31. The zero-order chi connectivity index (χ0) is 12.1. The molecule has 0 amide bonds. The van der Waals surface area contributed by atoms with E-state index in [4.69, 9.17) is 5.73 Å². The van der Waals surface area contributed by atoms with Crippen LogP contribution in [0.25, 0.3) is 0 Å². The van der Waals surface area contributed by atoms with Crippen molar-refractivity contribution in [3.63, 3.8) is 0 Å². The standard InChI is InChI=1S/C14H25N3/c1-2-17-12-13(11-16-17)10-14(15)8-6-4-3-5-7-9-14/h11-12H,2-10,15H2,1H3. The Labute approximate surface area is 104 Å². The summed E-state index contributed by atoms with van der Waals surface area (Å²) in [7, 11) is 0. The molecule has 0 spiro atoms. The summed E-state index contributed by atoms with van der Waals surface area (Å²) >= 11 is 0. The van der Waals surface area contributed by atoms with E-state index in [9.17, 15) is 0 Å². The van der Waals surface area contributed by atoms with E-state index in [1.165, 1.54) is 50.5 Å². The Kier molecular flexibility index (Phi) is 4.21. The van der Waals surface area contributed by atoms with E-state index in [0.717, 1.165) is 13.0 Å². The van der Waals surface area contributed by atoms with E-state index in [2.05, 4.69) is 18.2 Å². The Morgan fingerprint density at radius 3 is 2.47 bits per heavy atom. The molecule has 3 nitrogen and oxygen atoms in total. The summed E-state index contributed by atoms with van der Waals surface area (Å²) < 4.78 is 1.99. The molecular weight excluding hydrogens is 210 g/mol. The van der Waals surface area contributed by atoms with Crippen molar-refractivity contribution in [1.29, 1.82) is 0 Å². The van der Waals surface area contributed by atoms with Gasteiger partial charge in [-0.15, -0.1) is 0 Å². The summed E-state index contributed by atoms with van der Waals surface area (Å²) in [6.45, 7) is 3.06. The fourth-order valence-corrected chi connectivity index (χ4v) is 2.86. The van der Waals surface area contributed by atoms with E-state index in [0.29, 0.717) is 0 Å². The van der Waals surface area contributed by atoms with E-state index in [1.54, 1.807) is 0 Å². The molecule has 2 N–H and O–H groups in total. The molecule has 1 aliphatic carbocycles. The minimum Gasteiger partial charge on any atom is -0.325 e. The van der Waals surface area contributed by atoms with Crippen LogP contribution in [0, 0.1) is 0 Å². The minimum absolute atomic E-state index is 0.0159. The first-order valence-electron chi connectivity index (χ1n) is 7.02. The Bertz CT molecular complexity index is 335. The molecule has 0 saturated heterocycles. The van der Waals surface area contributed by atoms with Crippen molar-refractivity contribution in [2.24, 2.45) is 5.73 Å². The van der Waals surface area contributed by atoms with Crippen LogP contribution in [0.4, 0.5) is 0 Å². The van der Waals surface area contributed by atoms with Crippen LogP contribution in [0.15, 0.2) is 12.4 Å². The highest BCUT2D eigenvalue weighted by Gasteiger charge is 2.26. The van der Waals surface area contributed by atoms with Crippen molar-refractivity contribution in [2.45, 2.75) is 70.4 Å². The summed E-state index contributed by atoms with van der Waals surface area (Å²) in [5.74, 6) is 0. The van der Waals surface area contributed by atoms with Gasteiger partial charge >= 0.3 is 0 Å². The molecule has 17 heavy (non-hydrogen) atoms. The van der Waals surface area contributed by atoms with Gasteiger partial charge in [-0.2, -0.15) is 5.10 Å². The van der Waals surface area contributed by atoms with Gasteiger partial charge in [0.05, 0.1) is 6.20 Å². The second-order valence-corrected chi connectivity index (χ2v) is 5.51. The number of hydrogen-bond acceptors (Lipinski definition) is 2. The number of rotatable bonds is 3. The third-order valence-electron chi connectivity index (χ3n) is 3.92.